The molecule has 78 valence electrons. The van der Waals surface area contributed by atoms with Crippen LogP contribution in [0.1, 0.15) is 19.8 Å². The van der Waals surface area contributed by atoms with Crippen molar-refractivity contribution in [1.29, 1.82) is 0 Å². The summed E-state index contributed by atoms with van der Waals surface area (Å²) in [6.07, 6.45) is 3.04. The first-order chi connectivity index (χ1) is 5.88. The van der Waals surface area contributed by atoms with Crippen molar-refractivity contribution in [2.45, 2.75) is 31.8 Å². The van der Waals surface area contributed by atoms with E-state index < -0.39 is 10.0 Å². The Labute approximate surface area is 80.4 Å². The third-order valence-electron chi connectivity index (χ3n) is 2.59. The van der Waals surface area contributed by atoms with Gasteiger partial charge in [-0.25, -0.2) is 13.1 Å². The Morgan fingerprint density at radius 1 is 1.46 bits per heavy atom. The summed E-state index contributed by atoms with van der Waals surface area (Å²) in [6.45, 7) is 3.09. The highest BCUT2D eigenvalue weighted by Gasteiger charge is 2.24. The van der Waals surface area contributed by atoms with Crippen molar-refractivity contribution in [1.82, 2.24) is 9.62 Å². The van der Waals surface area contributed by atoms with Gasteiger partial charge in [-0.2, -0.15) is 0 Å². The van der Waals surface area contributed by atoms with E-state index in [0.29, 0.717) is 6.04 Å². The van der Waals surface area contributed by atoms with Gasteiger partial charge in [0.25, 0.3) is 0 Å². The molecule has 2 atom stereocenters. The number of hydrogen-bond donors (Lipinski definition) is 1. The molecule has 1 heterocycles. The molecule has 1 saturated heterocycles. The van der Waals surface area contributed by atoms with E-state index in [-0.39, 0.29) is 6.04 Å². The minimum Gasteiger partial charge on any atom is -0.304 e. The molecule has 0 aromatic heterocycles. The number of sulfonamides is 1. The van der Waals surface area contributed by atoms with Gasteiger partial charge in [0.15, 0.2) is 0 Å². The summed E-state index contributed by atoms with van der Waals surface area (Å²) >= 11 is 0. The molecule has 0 aromatic rings. The highest BCUT2D eigenvalue weighted by molar-refractivity contribution is 7.88. The smallest absolute Gasteiger partial charge is 0.208 e. The normalized spacial score (nSPS) is 31.9. The number of piperidine rings is 1. The Bertz CT molecular complexity index is 263. The zero-order valence-corrected chi connectivity index (χ0v) is 9.26. The molecule has 0 aliphatic carbocycles. The molecule has 1 aliphatic rings. The molecular weight excluding hydrogens is 188 g/mol. The van der Waals surface area contributed by atoms with Gasteiger partial charge >= 0.3 is 0 Å². The fraction of sp³-hybridized carbons (Fsp3) is 1.00. The van der Waals surface area contributed by atoms with Crippen molar-refractivity contribution >= 4 is 10.0 Å². The van der Waals surface area contributed by atoms with E-state index in [4.69, 9.17) is 0 Å². The van der Waals surface area contributed by atoms with Gasteiger partial charge in [0.05, 0.1) is 6.26 Å². The number of nitrogens with zero attached hydrogens (tertiary/aromatic N) is 1. The van der Waals surface area contributed by atoms with Gasteiger partial charge in [-0.3, -0.25) is 0 Å². The molecule has 2 unspecified atom stereocenters. The Hall–Kier alpha value is -0.130. The SMILES string of the molecule is CC1CC(NS(C)(=O)=O)CCN1C. The second-order valence-corrected chi connectivity index (χ2v) is 5.72. The molecule has 4 nitrogen and oxygen atoms in total. The topological polar surface area (TPSA) is 49.4 Å². The molecule has 1 aliphatic heterocycles. The van der Waals surface area contributed by atoms with Crippen LogP contribution in [0.2, 0.25) is 0 Å². The van der Waals surface area contributed by atoms with Crippen LogP contribution in [-0.4, -0.2) is 45.2 Å². The average Bonchev–Trinajstić information content (AvgIpc) is 1.94. The van der Waals surface area contributed by atoms with Gasteiger partial charge in [-0.05, 0) is 33.4 Å². The molecule has 0 spiro atoms. The molecule has 0 aromatic carbocycles. The largest absolute Gasteiger partial charge is 0.304 e. The van der Waals surface area contributed by atoms with Crippen molar-refractivity contribution in [3.05, 3.63) is 0 Å². The lowest BCUT2D eigenvalue weighted by Crippen LogP contribution is -2.46. The van der Waals surface area contributed by atoms with E-state index in [1.54, 1.807) is 0 Å². The van der Waals surface area contributed by atoms with Gasteiger partial charge in [-0.15, -0.1) is 0 Å². The summed E-state index contributed by atoms with van der Waals surface area (Å²) in [6, 6.07) is 0.592. The second-order valence-electron chi connectivity index (χ2n) is 3.94. The van der Waals surface area contributed by atoms with Crippen molar-refractivity contribution in [2.75, 3.05) is 19.8 Å². The Balaban J connectivity index is 2.47. The van der Waals surface area contributed by atoms with E-state index in [1.165, 1.54) is 6.26 Å². The monoisotopic (exact) mass is 206 g/mol. The standard InChI is InChI=1S/C8H18N2O2S/c1-7-6-8(4-5-10(7)2)9-13(3,11)12/h7-9H,4-6H2,1-3H3. The van der Waals surface area contributed by atoms with Crippen LogP contribution in [0, 0.1) is 0 Å². The van der Waals surface area contributed by atoms with Crippen LogP contribution >= 0.6 is 0 Å². The molecule has 1 fully saturated rings. The zero-order valence-electron chi connectivity index (χ0n) is 8.45. The molecule has 13 heavy (non-hydrogen) atoms. The molecule has 1 rings (SSSR count). The van der Waals surface area contributed by atoms with Crippen LogP contribution in [0.4, 0.5) is 0 Å². The van der Waals surface area contributed by atoms with E-state index in [9.17, 15) is 8.42 Å². The molecule has 5 heteroatoms. The summed E-state index contributed by atoms with van der Waals surface area (Å²) in [7, 11) is -0.962. The van der Waals surface area contributed by atoms with Gasteiger partial charge < -0.3 is 4.90 Å². The first-order valence-electron chi connectivity index (χ1n) is 4.56. The quantitative estimate of drug-likeness (QED) is 0.693. The molecular formula is C8H18N2O2S. The Kier molecular flexibility index (Phi) is 3.32. The summed E-state index contributed by atoms with van der Waals surface area (Å²) < 4.78 is 24.6. The maximum absolute atomic E-state index is 11.0. The van der Waals surface area contributed by atoms with Gasteiger partial charge in [0.2, 0.25) is 10.0 Å². The maximum Gasteiger partial charge on any atom is 0.208 e. The van der Waals surface area contributed by atoms with E-state index >= 15 is 0 Å². The number of hydrogen-bond acceptors (Lipinski definition) is 3. The van der Waals surface area contributed by atoms with Crippen molar-refractivity contribution < 1.29 is 8.42 Å². The molecule has 0 bridgehead atoms. The zero-order chi connectivity index (χ0) is 10.1. The van der Waals surface area contributed by atoms with Crippen molar-refractivity contribution in [2.24, 2.45) is 0 Å². The maximum atomic E-state index is 11.0. The number of nitrogens with one attached hydrogen (secondary N) is 1. The van der Waals surface area contributed by atoms with Crippen molar-refractivity contribution in [3.63, 3.8) is 0 Å². The molecule has 0 radical (unpaired) electrons. The van der Waals surface area contributed by atoms with Crippen LogP contribution in [0.15, 0.2) is 0 Å². The lowest BCUT2D eigenvalue weighted by molar-refractivity contribution is 0.178. The first kappa shape index (κ1) is 10.9. The second kappa shape index (κ2) is 3.94. The van der Waals surface area contributed by atoms with Crippen LogP contribution in [0.5, 0.6) is 0 Å². The van der Waals surface area contributed by atoms with Gasteiger partial charge in [0, 0.05) is 12.1 Å². The van der Waals surface area contributed by atoms with Crippen LogP contribution in [-0.2, 0) is 10.0 Å². The third-order valence-corrected chi connectivity index (χ3v) is 3.35. The molecule has 0 saturated carbocycles. The van der Waals surface area contributed by atoms with Crippen molar-refractivity contribution in [3.8, 4) is 0 Å². The minimum absolute atomic E-state index is 0.126. The fourth-order valence-electron chi connectivity index (χ4n) is 1.70. The predicted octanol–water partition coefficient (Wildman–Crippen LogP) is 0.0183. The van der Waals surface area contributed by atoms with Crippen LogP contribution in [0.25, 0.3) is 0 Å². The van der Waals surface area contributed by atoms with Crippen LogP contribution in [0.3, 0.4) is 0 Å². The van der Waals surface area contributed by atoms with Gasteiger partial charge in [0.1, 0.15) is 0 Å². The molecule has 0 amide bonds. The van der Waals surface area contributed by atoms with Gasteiger partial charge in [-0.1, -0.05) is 0 Å². The van der Waals surface area contributed by atoms with E-state index in [2.05, 4.69) is 23.6 Å². The van der Waals surface area contributed by atoms with E-state index in [1.807, 2.05) is 0 Å². The summed E-state index contributed by atoms with van der Waals surface area (Å²) in [5.41, 5.74) is 0. The molecule has 1 N–H and O–H groups in total. The first-order valence-corrected chi connectivity index (χ1v) is 6.45. The summed E-state index contributed by atoms with van der Waals surface area (Å²) in [4.78, 5) is 2.25. The summed E-state index contributed by atoms with van der Waals surface area (Å²) in [5.74, 6) is 0. The predicted molar refractivity (Wildman–Crippen MR) is 53.1 cm³/mol. The fourth-order valence-corrected chi connectivity index (χ4v) is 2.52. The highest BCUT2D eigenvalue weighted by Crippen LogP contribution is 2.15. The Morgan fingerprint density at radius 3 is 2.54 bits per heavy atom. The number of likely N-dealkylation sites (tertiary alicyclic amines) is 1. The average molecular weight is 206 g/mol. The lowest BCUT2D eigenvalue weighted by Gasteiger charge is -2.34. The minimum atomic E-state index is -3.03. The lowest BCUT2D eigenvalue weighted by atomic mass is 10.0. The number of rotatable bonds is 2. The highest BCUT2D eigenvalue weighted by atomic mass is 32.2. The third kappa shape index (κ3) is 3.62. The van der Waals surface area contributed by atoms with E-state index in [0.717, 1.165) is 19.4 Å². The summed E-state index contributed by atoms with van der Waals surface area (Å²) in [5, 5.41) is 0. The van der Waals surface area contributed by atoms with Crippen LogP contribution < -0.4 is 4.72 Å². The Morgan fingerprint density at radius 2 is 2.08 bits per heavy atom.